The number of ether oxygens (including phenoxy) is 2. The third-order valence-corrected chi connectivity index (χ3v) is 2.52. The molecule has 0 spiro atoms. The van der Waals surface area contributed by atoms with Crippen LogP contribution in [0.25, 0.3) is 0 Å². The molecule has 0 atom stereocenters. The maximum atomic E-state index is 11.9. The van der Waals surface area contributed by atoms with Crippen LogP contribution in [-0.4, -0.2) is 48.6 Å². The van der Waals surface area contributed by atoms with E-state index in [9.17, 15) is 18.0 Å². The second kappa shape index (κ2) is 5.00. The van der Waals surface area contributed by atoms with Gasteiger partial charge in [-0.3, -0.25) is 4.74 Å². The summed E-state index contributed by atoms with van der Waals surface area (Å²) in [7, 11) is 1.21. The number of carbonyl (C=O) groups is 1. The maximum Gasteiger partial charge on any atom is 0.522 e. The molecule has 1 aliphatic rings. The zero-order valence-electron chi connectivity index (χ0n) is 9.85. The van der Waals surface area contributed by atoms with Crippen molar-refractivity contribution >= 4 is 11.8 Å². The molecule has 9 heteroatoms. The number of nitrogens with zero attached hydrogens (tertiary/aromatic N) is 3. The van der Waals surface area contributed by atoms with Gasteiger partial charge in [0.25, 0.3) is 0 Å². The summed E-state index contributed by atoms with van der Waals surface area (Å²) in [6.07, 6.45) is -4.41. The van der Waals surface area contributed by atoms with Gasteiger partial charge < -0.3 is 9.64 Å². The van der Waals surface area contributed by atoms with Gasteiger partial charge >= 0.3 is 12.3 Å². The summed E-state index contributed by atoms with van der Waals surface area (Å²) in [5, 5.41) is 0. The molecule has 2 heterocycles. The number of hydrogen-bond donors (Lipinski definition) is 0. The molecule has 1 aromatic rings. The highest BCUT2D eigenvalue weighted by Crippen LogP contribution is 2.26. The molecule has 0 N–H and O–H groups in total. The molecule has 6 nitrogen and oxygen atoms in total. The summed E-state index contributed by atoms with van der Waals surface area (Å²) >= 11 is 0. The number of hydrogen-bond acceptors (Lipinski definition) is 6. The van der Waals surface area contributed by atoms with Crippen LogP contribution >= 0.6 is 0 Å². The van der Waals surface area contributed by atoms with Gasteiger partial charge in [0.1, 0.15) is 18.2 Å². The van der Waals surface area contributed by atoms with Crippen LogP contribution in [0.5, 0.6) is 0 Å². The van der Waals surface area contributed by atoms with Crippen molar-refractivity contribution in [2.24, 2.45) is 0 Å². The number of anilines is 1. The van der Waals surface area contributed by atoms with E-state index >= 15 is 0 Å². The van der Waals surface area contributed by atoms with Crippen molar-refractivity contribution in [3.05, 3.63) is 18.1 Å². The largest absolute Gasteiger partial charge is 0.522 e. The quantitative estimate of drug-likeness (QED) is 0.768. The van der Waals surface area contributed by atoms with E-state index < -0.39 is 18.4 Å². The molecule has 0 aliphatic carbocycles. The zero-order chi connectivity index (χ0) is 14.0. The van der Waals surface area contributed by atoms with Gasteiger partial charge in [-0.25, -0.2) is 14.8 Å². The lowest BCUT2D eigenvalue weighted by Crippen LogP contribution is -2.54. The van der Waals surface area contributed by atoms with Crippen molar-refractivity contribution in [2.45, 2.75) is 12.5 Å². The Labute approximate surface area is 106 Å². The lowest BCUT2D eigenvalue weighted by Gasteiger charge is -2.39. The van der Waals surface area contributed by atoms with Crippen LogP contribution in [0.3, 0.4) is 0 Å². The van der Waals surface area contributed by atoms with E-state index in [1.165, 1.54) is 13.2 Å². The van der Waals surface area contributed by atoms with Crippen molar-refractivity contribution in [3.63, 3.8) is 0 Å². The van der Waals surface area contributed by atoms with E-state index in [0.717, 1.165) is 6.33 Å². The van der Waals surface area contributed by atoms with Crippen LogP contribution in [0.2, 0.25) is 0 Å². The lowest BCUT2D eigenvalue weighted by atomic mass is 10.1. The predicted molar refractivity (Wildman–Crippen MR) is 56.5 cm³/mol. The summed E-state index contributed by atoms with van der Waals surface area (Å²) in [4.78, 5) is 20.4. The number of aromatic nitrogens is 2. The van der Waals surface area contributed by atoms with Crippen LogP contribution in [0.15, 0.2) is 12.4 Å². The van der Waals surface area contributed by atoms with E-state index in [0.29, 0.717) is 5.82 Å². The highest BCUT2D eigenvalue weighted by Gasteiger charge is 2.39. The fraction of sp³-hybridized carbons (Fsp3) is 0.500. The SMILES string of the molecule is COC(=O)c1cc(N2CC(OC(F)(F)F)C2)ncn1. The first kappa shape index (κ1) is 13.5. The Balaban J connectivity index is 1.96. The summed E-state index contributed by atoms with van der Waals surface area (Å²) < 4.78 is 44.2. The van der Waals surface area contributed by atoms with Crippen LogP contribution in [-0.2, 0) is 9.47 Å². The molecule has 0 saturated carbocycles. The van der Waals surface area contributed by atoms with E-state index in [4.69, 9.17) is 0 Å². The van der Waals surface area contributed by atoms with Crippen molar-refractivity contribution in [2.75, 3.05) is 25.1 Å². The molecule has 0 amide bonds. The van der Waals surface area contributed by atoms with Gasteiger partial charge in [-0.15, -0.1) is 13.2 Å². The number of esters is 1. The number of alkyl halides is 3. The van der Waals surface area contributed by atoms with Crippen molar-refractivity contribution in [3.8, 4) is 0 Å². The molecule has 0 radical (unpaired) electrons. The minimum Gasteiger partial charge on any atom is -0.464 e. The first-order valence-electron chi connectivity index (χ1n) is 5.29. The van der Waals surface area contributed by atoms with Crippen LogP contribution in [0.1, 0.15) is 10.5 Å². The fourth-order valence-corrected chi connectivity index (χ4v) is 1.62. The molecular weight excluding hydrogens is 267 g/mol. The Hall–Kier alpha value is -1.90. The minimum absolute atomic E-state index is 0.0488. The second-order valence-corrected chi connectivity index (χ2v) is 3.84. The van der Waals surface area contributed by atoms with E-state index in [1.807, 2.05) is 0 Å². The molecule has 2 rings (SSSR count). The molecule has 0 unspecified atom stereocenters. The Morgan fingerprint density at radius 2 is 2.11 bits per heavy atom. The summed E-state index contributed by atoms with van der Waals surface area (Å²) in [6, 6.07) is 1.36. The number of rotatable bonds is 3. The first-order valence-corrected chi connectivity index (χ1v) is 5.29. The standard InChI is InChI=1S/C10H10F3N3O3/c1-18-9(17)7-2-8(15-5-14-7)16-3-6(4-16)19-10(11,12)13/h2,5-6H,3-4H2,1H3. The minimum atomic E-state index is -4.64. The average molecular weight is 277 g/mol. The topological polar surface area (TPSA) is 64.5 Å². The molecule has 104 valence electrons. The van der Waals surface area contributed by atoms with Crippen LogP contribution < -0.4 is 4.90 Å². The predicted octanol–water partition coefficient (Wildman–Crippen LogP) is 0.988. The van der Waals surface area contributed by atoms with Crippen LogP contribution in [0.4, 0.5) is 19.0 Å². The van der Waals surface area contributed by atoms with Gasteiger partial charge in [0.15, 0.2) is 5.69 Å². The van der Waals surface area contributed by atoms with Gasteiger partial charge in [-0.05, 0) is 0 Å². The first-order chi connectivity index (χ1) is 8.89. The number of halogens is 3. The number of methoxy groups -OCH3 is 1. The van der Waals surface area contributed by atoms with E-state index in [-0.39, 0.29) is 18.8 Å². The summed E-state index contributed by atoms with van der Waals surface area (Å²) in [6.45, 7) is 0.105. The van der Waals surface area contributed by atoms with E-state index in [1.54, 1.807) is 4.90 Å². The second-order valence-electron chi connectivity index (χ2n) is 3.84. The smallest absolute Gasteiger partial charge is 0.464 e. The Bertz CT molecular complexity index is 475. The third kappa shape index (κ3) is 3.31. The molecular formula is C10H10F3N3O3. The molecule has 1 saturated heterocycles. The molecule has 1 aromatic heterocycles. The highest BCUT2D eigenvalue weighted by molar-refractivity contribution is 5.87. The van der Waals surface area contributed by atoms with Gasteiger partial charge in [-0.1, -0.05) is 0 Å². The van der Waals surface area contributed by atoms with Crippen molar-refractivity contribution in [1.82, 2.24) is 9.97 Å². The van der Waals surface area contributed by atoms with Gasteiger partial charge in [0.2, 0.25) is 0 Å². The average Bonchev–Trinajstić information content (AvgIpc) is 2.31. The van der Waals surface area contributed by atoms with Crippen molar-refractivity contribution < 1.29 is 27.4 Å². The monoisotopic (exact) mass is 277 g/mol. The fourth-order valence-electron chi connectivity index (χ4n) is 1.62. The Kier molecular flexibility index (Phi) is 3.56. The van der Waals surface area contributed by atoms with Gasteiger partial charge in [-0.2, -0.15) is 0 Å². The normalized spacial score (nSPS) is 16.1. The zero-order valence-corrected chi connectivity index (χ0v) is 9.85. The van der Waals surface area contributed by atoms with Crippen LogP contribution in [0, 0.1) is 0 Å². The van der Waals surface area contributed by atoms with E-state index in [2.05, 4.69) is 19.4 Å². The maximum absolute atomic E-state index is 11.9. The third-order valence-electron chi connectivity index (χ3n) is 2.52. The Morgan fingerprint density at radius 1 is 1.42 bits per heavy atom. The molecule has 0 bridgehead atoms. The summed E-state index contributed by atoms with van der Waals surface area (Å²) in [5.74, 6) is -0.273. The lowest BCUT2D eigenvalue weighted by molar-refractivity contribution is -0.344. The molecule has 1 aliphatic heterocycles. The molecule has 0 aromatic carbocycles. The molecule has 1 fully saturated rings. The summed E-state index contributed by atoms with van der Waals surface area (Å²) in [5.41, 5.74) is 0.0488. The van der Waals surface area contributed by atoms with Gasteiger partial charge in [0, 0.05) is 19.2 Å². The Morgan fingerprint density at radius 3 is 2.68 bits per heavy atom. The number of carbonyl (C=O) groups excluding carboxylic acids is 1. The van der Waals surface area contributed by atoms with Crippen molar-refractivity contribution in [1.29, 1.82) is 0 Å². The molecule has 19 heavy (non-hydrogen) atoms. The highest BCUT2D eigenvalue weighted by atomic mass is 19.4. The van der Waals surface area contributed by atoms with Gasteiger partial charge in [0.05, 0.1) is 7.11 Å².